The number of hydrogen-bond acceptors (Lipinski definition) is 5. The maximum Gasteiger partial charge on any atom is 0.433 e. The van der Waals surface area contributed by atoms with Gasteiger partial charge in [0.2, 0.25) is 0 Å². The van der Waals surface area contributed by atoms with Gasteiger partial charge in [0.1, 0.15) is 6.23 Å². The number of aliphatic hydroxyl groups is 1. The van der Waals surface area contributed by atoms with Crippen molar-refractivity contribution in [2.45, 2.75) is 63.8 Å². The Hall–Kier alpha value is -2.37. The molecule has 0 aliphatic heterocycles. The number of alkyl halides is 3. The minimum absolute atomic E-state index is 0.0641. The zero-order chi connectivity index (χ0) is 27.8. The van der Waals surface area contributed by atoms with E-state index in [1.807, 2.05) is 44.1 Å². The van der Waals surface area contributed by atoms with Crippen LogP contribution in [0.3, 0.4) is 0 Å². The van der Waals surface area contributed by atoms with Gasteiger partial charge < -0.3 is 19.6 Å². The van der Waals surface area contributed by atoms with E-state index >= 15 is 0 Å². The van der Waals surface area contributed by atoms with Gasteiger partial charge in [-0.1, -0.05) is 29.8 Å². The Kier molecular flexibility index (Phi) is 8.30. The standard InChI is InChI=1S/C27H34ClF3N4O3/c1-6-38-22(34(3)4)10-16-8-7-9-18(23(16)28)19-13-32-24(21(19)15-37-5)20-14-33-35(25(20)27(29,30)31)17-11-26(2,36)12-17/h7-9,13-14,17,22,32,36H,6,10-12,15H2,1-5H3/t17-,22?,26-. The highest BCUT2D eigenvalue weighted by Crippen LogP contribution is 2.47. The van der Waals surface area contributed by atoms with Crippen molar-refractivity contribution >= 4 is 11.6 Å². The van der Waals surface area contributed by atoms with Crippen molar-refractivity contribution in [2.24, 2.45) is 0 Å². The topological polar surface area (TPSA) is 75.5 Å². The van der Waals surface area contributed by atoms with Crippen LogP contribution in [0.15, 0.2) is 30.6 Å². The molecule has 1 aromatic carbocycles. The molecule has 1 fully saturated rings. The number of aromatic amines is 1. The van der Waals surface area contributed by atoms with Gasteiger partial charge in [0.05, 0.1) is 35.2 Å². The number of benzene rings is 1. The smallest absolute Gasteiger partial charge is 0.390 e. The van der Waals surface area contributed by atoms with Gasteiger partial charge in [0.15, 0.2) is 5.69 Å². The second-order valence-corrected chi connectivity index (χ2v) is 10.6. The van der Waals surface area contributed by atoms with Gasteiger partial charge in [-0.15, -0.1) is 0 Å². The molecule has 0 radical (unpaired) electrons. The minimum atomic E-state index is -4.65. The summed E-state index contributed by atoms with van der Waals surface area (Å²) < 4.78 is 55.3. The van der Waals surface area contributed by atoms with E-state index in [-0.39, 0.29) is 36.9 Å². The van der Waals surface area contributed by atoms with Gasteiger partial charge in [-0.25, -0.2) is 0 Å². The summed E-state index contributed by atoms with van der Waals surface area (Å²) in [5.74, 6) is 0. The molecule has 38 heavy (non-hydrogen) atoms. The van der Waals surface area contributed by atoms with E-state index in [0.717, 1.165) is 10.2 Å². The number of hydrogen-bond donors (Lipinski definition) is 2. The lowest BCUT2D eigenvalue weighted by molar-refractivity contribution is -0.148. The predicted molar refractivity (Wildman–Crippen MR) is 140 cm³/mol. The van der Waals surface area contributed by atoms with E-state index in [0.29, 0.717) is 34.7 Å². The summed E-state index contributed by atoms with van der Waals surface area (Å²) in [6.07, 6.45) is -0.993. The Bertz CT molecular complexity index is 1260. The molecule has 3 aromatic rings. The molecule has 1 saturated carbocycles. The fraction of sp³-hybridized carbons (Fsp3) is 0.519. The number of ether oxygens (including phenoxy) is 2. The van der Waals surface area contributed by atoms with Crippen molar-refractivity contribution in [3.8, 4) is 22.4 Å². The van der Waals surface area contributed by atoms with Gasteiger partial charge in [0.25, 0.3) is 0 Å². The average Bonchev–Trinajstić information content (AvgIpc) is 3.43. The van der Waals surface area contributed by atoms with E-state index in [1.165, 1.54) is 13.3 Å². The SMILES string of the molecule is CCOC(Cc1cccc(-c2c[nH]c(-c3cnn([C@H]4C[C@](C)(O)C4)c3C(F)(F)F)c2COC)c1Cl)N(C)C. The Balaban J connectivity index is 1.78. The molecule has 1 aliphatic carbocycles. The summed E-state index contributed by atoms with van der Waals surface area (Å²) in [5, 5.41) is 14.7. The number of H-pyrrole nitrogens is 1. The largest absolute Gasteiger partial charge is 0.433 e. The Morgan fingerprint density at radius 3 is 2.55 bits per heavy atom. The molecule has 0 amide bonds. The summed E-state index contributed by atoms with van der Waals surface area (Å²) in [5.41, 5.74) is 1.11. The van der Waals surface area contributed by atoms with Crippen molar-refractivity contribution in [3.05, 3.63) is 52.4 Å². The number of methoxy groups -OCH3 is 1. The van der Waals surface area contributed by atoms with Crippen LogP contribution >= 0.6 is 11.6 Å². The van der Waals surface area contributed by atoms with Crippen molar-refractivity contribution in [1.29, 1.82) is 0 Å². The second kappa shape index (κ2) is 11.0. The number of nitrogens with zero attached hydrogens (tertiary/aromatic N) is 3. The maximum absolute atomic E-state index is 14.3. The summed E-state index contributed by atoms with van der Waals surface area (Å²) in [7, 11) is 5.35. The molecular formula is C27H34ClF3N4O3. The molecule has 2 heterocycles. The van der Waals surface area contributed by atoms with Gasteiger partial charge in [-0.2, -0.15) is 18.3 Å². The first-order valence-electron chi connectivity index (χ1n) is 12.5. The van der Waals surface area contributed by atoms with Crippen LogP contribution in [0.4, 0.5) is 13.2 Å². The van der Waals surface area contributed by atoms with Crippen LogP contribution in [-0.2, 0) is 28.7 Å². The first-order valence-corrected chi connectivity index (χ1v) is 12.9. The van der Waals surface area contributed by atoms with E-state index < -0.39 is 23.5 Å². The lowest BCUT2D eigenvalue weighted by Crippen LogP contribution is -2.43. The maximum atomic E-state index is 14.3. The van der Waals surface area contributed by atoms with E-state index in [2.05, 4.69) is 10.1 Å². The molecule has 1 aliphatic rings. The second-order valence-electron chi connectivity index (χ2n) is 10.3. The summed E-state index contributed by atoms with van der Waals surface area (Å²) >= 11 is 6.87. The van der Waals surface area contributed by atoms with E-state index in [9.17, 15) is 18.3 Å². The van der Waals surface area contributed by atoms with Crippen molar-refractivity contribution in [1.82, 2.24) is 19.7 Å². The van der Waals surface area contributed by atoms with Crippen LogP contribution in [0.5, 0.6) is 0 Å². The fourth-order valence-electron chi connectivity index (χ4n) is 5.18. The molecule has 208 valence electrons. The molecule has 2 aromatic heterocycles. The fourth-order valence-corrected chi connectivity index (χ4v) is 5.48. The highest BCUT2D eigenvalue weighted by Gasteiger charge is 2.46. The van der Waals surface area contributed by atoms with Crippen LogP contribution < -0.4 is 0 Å². The number of aromatic nitrogens is 3. The van der Waals surface area contributed by atoms with Crippen LogP contribution in [0.2, 0.25) is 5.02 Å². The normalized spacial score (nSPS) is 20.7. The van der Waals surface area contributed by atoms with Crippen molar-refractivity contribution in [3.63, 3.8) is 0 Å². The first-order chi connectivity index (χ1) is 17.9. The molecule has 1 unspecified atom stereocenters. The number of likely N-dealkylation sites (N-methyl/N-ethyl adjacent to an activating group) is 1. The average molecular weight is 555 g/mol. The summed E-state index contributed by atoms with van der Waals surface area (Å²) in [4.78, 5) is 5.01. The molecule has 0 bridgehead atoms. The van der Waals surface area contributed by atoms with Gasteiger partial charge >= 0.3 is 6.18 Å². The predicted octanol–water partition coefficient (Wildman–Crippen LogP) is 5.92. The third kappa shape index (κ3) is 5.65. The monoisotopic (exact) mass is 554 g/mol. The van der Waals surface area contributed by atoms with Crippen molar-refractivity contribution < 1.29 is 27.8 Å². The number of halogens is 4. The molecule has 0 saturated heterocycles. The lowest BCUT2D eigenvalue weighted by Gasteiger charge is -2.41. The third-order valence-electron chi connectivity index (χ3n) is 7.00. The molecule has 0 spiro atoms. The van der Waals surface area contributed by atoms with E-state index in [1.54, 1.807) is 13.1 Å². The van der Waals surface area contributed by atoms with Gasteiger partial charge in [-0.3, -0.25) is 9.58 Å². The highest BCUT2D eigenvalue weighted by molar-refractivity contribution is 6.34. The molecule has 11 heteroatoms. The minimum Gasteiger partial charge on any atom is -0.390 e. The Morgan fingerprint density at radius 2 is 1.97 bits per heavy atom. The zero-order valence-corrected chi connectivity index (χ0v) is 23.0. The summed E-state index contributed by atoms with van der Waals surface area (Å²) in [6.45, 7) is 4.15. The van der Waals surface area contributed by atoms with Crippen LogP contribution in [0.25, 0.3) is 22.4 Å². The molecule has 7 nitrogen and oxygen atoms in total. The van der Waals surface area contributed by atoms with Crippen LogP contribution in [-0.4, -0.2) is 64.4 Å². The van der Waals surface area contributed by atoms with Gasteiger partial charge in [-0.05, 0) is 46.3 Å². The molecule has 4 rings (SSSR count). The number of rotatable bonds is 10. The molecular weight excluding hydrogens is 521 g/mol. The Labute approximate surface area is 225 Å². The first kappa shape index (κ1) is 28.6. The molecule has 2 N–H and O–H groups in total. The zero-order valence-electron chi connectivity index (χ0n) is 22.2. The molecule has 1 atom stereocenters. The van der Waals surface area contributed by atoms with Crippen LogP contribution in [0, 0.1) is 0 Å². The van der Waals surface area contributed by atoms with Crippen molar-refractivity contribution in [2.75, 3.05) is 27.8 Å². The third-order valence-corrected chi connectivity index (χ3v) is 7.45. The number of nitrogens with one attached hydrogen (secondary N) is 1. The van der Waals surface area contributed by atoms with E-state index in [4.69, 9.17) is 21.1 Å². The Morgan fingerprint density at radius 1 is 1.26 bits per heavy atom. The highest BCUT2D eigenvalue weighted by atomic mass is 35.5. The van der Waals surface area contributed by atoms with Gasteiger partial charge in [0, 0.05) is 48.6 Å². The quantitative estimate of drug-likeness (QED) is 0.304. The summed E-state index contributed by atoms with van der Waals surface area (Å²) in [6, 6.07) is 5.11. The lowest BCUT2D eigenvalue weighted by atomic mass is 9.77. The van der Waals surface area contributed by atoms with Crippen LogP contribution in [0.1, 0.15) is 49.6 Å².